The van der Waals surface area contributed by atoms with E-state index in [1.54, 1.807) is 0 Å². The van der Waals surface area contributed by atoms with Gasteiger partial charge in [0.25, 0.3) is 0 Å². The molecule has 120 valence electrons. The van der Waals surface area contributed by atoms with Crippen molar-refractivity contribution in [1.29, 1.82) is 5.26 Å². The Bertz CT molecular complexity index is 534. The van der Waals surface area contributed by atoms with Gasteiger partial charge in [-0.2, -0.15) is 5.26 Å². The Balaban J connectivity index is 1.48. The first-order valence-corrected chi connectivity index (χ1v) is 9.17. The van der Waals surface area contributed by atoms with E-state index in [-0.39, 0.29) is 11.3 Å². The zero-order valence-electron chi connectivity index (χ0n) is 14.0. The number of carbonyl (C=O) groups excluding carboxylic acids is 1. The molecule has 4 saturated carbocycles. The minimum Gasteiger partial charge on any atom is -0.353 e. The van der Waals surface area contributed by atoms with Crippen LogP contribution in [0.3, 0.4) is 0 Å². The average molecular weight is 300 g/mol. The lowest BCUT2D eigenvalue weighted by Gasteiger charge is -2.41. The summed E-state index contributed by atoms with van der Waals surface area (Å²) < 4.78 is 0. The molecule has 3 nitrogen and oxygen atoms in total. The Labute approximate surface area is 133 Å². The summed E-state index contributed by atoms with van der Waals surface area (Å²) in [5, 5.41) is 12.8. The predicted molar refractivity (Wildman–Crippen MR) is 84.5 cm³/mol. The Morgan fingerprint density at radius 2 is 1.77 bits per heavy atom. The molecule has 8 atom stereocenters. The van der Waals surface area contributed by atoms with Gasteiger partial charge in [0, 0.05) is 17.4 Å². The van der Waals surface area contributed by atoms with Crippen LogP contribution in [0.1, 0.15) is 52.9 Å². The predicted octanol–water partition coefficient (Wildman–Crippen LogP) is 3.36. The summed E-state index contributed by atoms with van der Waals surface area (Å²) in [4.78, 5) is 12.5. The van der Waals surface area contributed by atoms with Gasteiger partial charge in [0.2, 0.25) is 5.91 Å². The second kappa shape index (κ2) is 4.73. The van der Waals surface area contributed by atoms with Crippen molar-refractivity contribution in [2.75, 3.05) is 0 Å². The molecule has 4 bridgehead atoms. The summed E-state index contributed by atoms with van der Waals surface area (Å²) >= 11 is 0. The normalized spacial score (nSPS) is 48.3. The van der Waals surface area contributed by atoms with Gasteiger partial charge < -0.3 is 5.32 Å². The lowest BCUT2D eigenvalue weighted by molar-refractivity contribution is -0.131. The number of carbonyl (C=O) groups is 1. The van der Waals surface area contributed by atoms with E-state index in [0.29, 0.717) is 23.8 Å². The lowest BCUT2D eigenvalue weighted by Crippen LogP contribution is -2.49. The molecule has 0 aliphatic heterocycles. The molecule has 1 amide bonds. The first-order valence-electron chi connectivity index (χ1n) is 9.17. The van der Waals surface area contributed by atoms with E-state index in [9.17, 15) is 10.1 Å². The second-order valence-corrected chi connectivity index (χ2v) is 9.00. The van der Waals surface area contributed by atoms with Crippen LogP contribution in [0.5, 0.6) is 0 Å². The first-order chi connectivity index (χ1) is 10.5. The molecule has 8 unspecified atom stereocenters. The van der Waals surface area contributed by atoms with Crippen LogP contribution in [0.2, 0.25) is 0 Å². The Morgan fingerprint density at radius 1 is 1.14 bits per heavy atom. The smallest absolute Gasteiger partial charge is 0.225 e. The summed E-state index contributed by atoms with van der Waals surface area (Å²) in [6, 6.07) is 2.98. The third-order valence-corrected chi connectivity index (χ3v) is 7.80. The van der Waals surface area contributed by atoms with E-state index in [4.69, 9.17) is 0 Å². The van der Waals surface area contributed by atoms with Gasteiger partial charge in [-0.05, 0) is 67.6 Å². The quantitative estimate of drug-likeness (QED) is 0.813. The standard InChI is InChI=1S/C19H28N2O/c1-4-19(2,3)18(22)21-15-8-11-7-14(15)17-10-5-12(9-20)13(6-10)16(11)17/h10-17H,4-8H2,1-3H3,(H,21,22). The highest BCUT2D eigenvalue weighted by atomic mass is 16.2. The Kier molecular flexibility index (Phi) is 3.13. The maximum atomic E-state index is 12.5. The molecule has 0 aromatic heterocycles. The minimum absolute atomic E-state index is 0.238. The molecule has 1 N–H and O–H groups in total. The molecular weight excluding hydrogens is 272 g/mol. The SMILES string of the molecule is CCC(C)(C)C(=O)NC1CC2CC1C1C3CC(C#N)C(C3)C21. The molecule has 0 aromatic rings. The molecular formula is C19H28N2O. The fourth-order valence-electron chi connectivity index (χ4n) is 6.44. The number of amides is 1. The van der Waals surface area contributed by atoms with Crippen LogP contribution in [0.15, 0.2) is 0 Å². The number of hydrogen-bond donors (Lipinski definition) is 1. The van der Waals surface area contributed by atoms with Crippen LogP contribution in [0, 0.1) is 58.2 Å². The molecule has 4 fully saturated rings. The van der Waals surface area contributed by atoms with Crippen LogP contribution >= 0.6 is 0 Å². The van der Waals surface area contributed by atoms with Gasteiger partial charge in [0.1, 0.15) is 0 Å². The van der Waals surface area contributed by atoms with Crippen LogP contribution < -0.4 is 5.32 Å². The first kappa shape index (κ1) is 14.5. The van der Waals surface area contributed by atoms with E-state index in [1.165, 1.54) is 19.3 Å². The van der Waals surface area contributed by atoms with E-state index < -0.39 is 0 Å². The van der Waals surface area contributed by atoms with Crippen molar-refractivity contribution in [2.45, 2.75) is 58.9 Å². The van der Waals surface area contributed by atoms with Gasteiger partial charge >= 0.3 is 0 Å². The van der Waals surface area contributed by atoms with Gasteiger partial charge in [-0.3, -0.25) is 4.79 Å². The summed E-state index contributed by atoms with van der Waals surface area (Å²) in [5.41, 5.74) is -0.248. The zero-order valence-corrected chi connectivity index (χ0v) is 14.0. The highest BCUT2D eigenvalue weighted by Crippen LogP contribution is 2.68. The van der Waals surface area contributed by atoms with Crippen LogP contribution in [0.4, 0.5) is 0 Å². The fraction of sp³-hybridized carbons (Fsp3) is 0.895. The van der Waals surface area contributed by atoms with Crippen molar-refractivity contribution in [1.82, 2.24) is 5.32 Å². The van der Waals surface area contributed by atoms with Crippen molar-refractivity contribution in [3.63, 3.8) is 0 Å². The third kappa shape index (κ3) is 1.82. The van der Waals surface area contributed by atoms with Gasteiger partial charge in [-0.15, -0.1) is 0 Å². The molecule has 0 radical (unpaired) electrons. The highest BCUT2D eigenvalue weighted by molar-refractivity contribution is 5.82. The monoisotopic (exact) mass is 300 g/mol. The number of nitriles is 1. The Hall–Kier alpha value is -1.04. The third-order valence-electron chi connectivity index (χ3n) is 7.80. The fourth-order valence-corrected chi connectivity index (χ4v) is 6.44. The molecule has 22 heavy (non-hydrogen) atoms. The minimum atomic E-state index is -0.248. The van der Waals surface area contributed by atoms with Crippen molar-refractivity contribution < 1.29 is 4.79 Å². The maximum Gasteiger partial charge on any atom is 0.225 e. The van der Waals surface area contributed by atoms with E-state index in [0.717, 1.165) is 36.5 Å². The van der Waals surface area contributed by atoms with Crippen LogP contribution in [-0.4, -0.2) is 11.9 Å². The van der Waals surface area contributed by atoms with E-state index in [2.05, 4.69) is 18.3 Å². The highest BCUT2D eigenvalue weighted by Gasteiger charge is 2.64. The van der Waals surface area contributed by atoms with Crippen molar-refractivity contribution in [3.8, 4) is 6.07 Å². The average Bonchev–Trinajstić information content (AvgIpc) is 3.23. The summed E-state index contributed by atoms with van der Waals surface area (Å²) in [7, 11) is 0. The molecule has 4 aliphatic carbocycles. The van der Waals surface area contributed by atoms with Crippen molar-refractivity contribution in [2.24, 2.45) is 46.8 Å². The number of hydrogen-bond acceptors (Lipinski definition) is 2. The van der Waals surface area contributed by atoms with Crippen molar-refractivity contribution in [3.05, 3.63) is 0 Å². The summed E-state index contributed by atoms with van der Waals surface area (Å²) in [5.74, 6) is 5.11. The second-order valence-electron chi connectivity index (χ2n) is 9.00. The van der Waals surface area contributed by atoms with Crippen LogP contribution in [0.25, 0.3) is 0 Å². The van der Waals surface area contributed by atoms with Crippen LogP contribution in [-0.2, 0) is 4.79 Å². The number of fused-ring (bicyclic) bond motifs is 9. The number of nitrogens with one attached hydrogen (secondary N) is 1. The molecule has 0 saturated heterocycles. The van der Waals surface area contributed by atoms with Gasteiger partial charge in [0.15, 0.2) is 0 Å². The van der Waals surface area contributed by atoms with E-state index >= 15 is 0 Å². The zero-order chi connectivity index (χ0) is 15.6. The molecule has 4 rings (SSSR count). The number of nitrogens with zero attached hydrogens (tertiary/aromatic N) is 1. The maximum absolute atomic E-state index is 12.5. The largest absolute Gasteiger partial charge is 0.353 e. The topological polar surface area (TPSA) is 52.9 Å². The van der Waals surface area contributed by atoms with Crippen molar-refractivity contribution >= 4 is 5.91 Å². The molecule has 0 aromatic carbocycles. The molecule has 3 heteroatoms. The molecule has 0 spiro atoms. The van der Waals surface area contributed by atoms with Gasteiger partial charge in [-0.1, -0.05) is 20.8 Å². The molecule has 0 heterocycles. The Morgan fingerprint density at radius 3 is 2.45 bits per heavy atom. The molecule has 4 aliphatic rings. The van der Waals surface area contributed by atoms with Gasteiger partial charge in [-0.25, -0.2) is 0 Å². The van der Waals surface area contributed by atoms with Gasteiger partial charge in [0.05, 0.1) is 6.07 Å². The lowest BCUT2D eigenvalue weighted by atomic mass is 9.66. The van der Waals surface area contributed by atoms with E-state index in [1.807, 2.05) is 13.8 Å². The number of rotatable bonds is 3. The summed E-state index contributed by atoms with van der Waals surface area (Å²) in [6.07, 6.45) is 5.78. The summed E-state index contributed by atoms with van der Waals surface area (Å²) in [6.45, 7) is 6.19.